The van der Waals surface area contributed by atoms with Crippen molar-refractivity contribution in [1.29, 1.82) is 0 Å². The van der Waals surface area contributed by atoms with Gasteiger partial charge in [-0.05, 0) is 48.7 Å². The van der Waals surface area contributed by atoms with Crippen LogP contribution in [-0.2, 0) is 22.6 Å². The lowest BCUT2D eigenvalue weighted by atomic mass is 9.97. The number of hydrogen-bond acceptors (Lipinski definition) is 5. The fourth-order valence-electron chi connectivity index (χ4n) is 3.11. The van der Waals surface area contributed by atoms with E-state index in [4.69, 9.17) is 21.1 Å². The molecule has 1 aliphatic heterocycles. The first-order chi connectivity index (χ1) is 13.0. The first-order valence-corrected chi connectivity index (χ1v) is 8.94. The van der Waals surface area contributed by atoms with Crippen LogP contribution in [0.25, 0.3) is 5.65 Å². The Bertz CT molecular complexity index is 1090. The van der Waals surface area contributed by atoms with Gasteiger partial charge in [-0.2, -0.15) is 0 Å². The second-order valence-electron chi connectivity index (χ2n) is 6.59. The summed E-state index contributed by atoms with van der Waals surface area (Å²) in [5.74, 6) is -0.0605. The molecule has 7 heteroatoms. The molecule has 0 unspecified atom stereocenters. The summed E-state index contributed by atoms with van der Waals surface area (Å²) < 4.78 is 12.5. The minimum Gasteiger partial charge on any atom is -0.492 e. The molecule has 1 atom stereocenters. The van der Waals surface area contributed by atoms with Crippen molar-refractivity contribution < 1.29 is 14.3 Å². The van der Waals surface area contributed by atoms with Crippen molar-refractivity contribution in [1.82, 2.24) is 9.38 Å². The molecule has 1 aromatic carbocycles. The van der Waals surface area contributed by atoms with Crippen molar-refractivity contribution in [2.75, 3.05) is 6.61 Å². The van der Waals surface area contributed by atoms with E-state index >= 15 is 0 Å². The van der Waals surface area contributed by atoms with Gasteiger partial charge in [-0.1, -0.05) is 17.7 Å². The van der Waals surface area contributed by atoms with Gasteiger partial charge in [0.1, 0.15) is 24.6 Å². The largest absolute Gasteiger partial charge is 0.492 e. The number of benzene rings is 1. The molecule has 1 aliphatic rings. The lowest BCUT2D eigenvalue weighted by Gasteiger charge is -2.24. The second kappa shape index (κ2) is 7.04. The van der Waals surface area contributed by atoms with E-state index in [9.17, 15) is 9.59 Å². The van der Waals surface area contributed by atoms with Crippen LogP contribution in [0.15, 0.2) is 47.4 Å². The second-order valence-corrected chi connectivity index (χ2v) is 7.03. The number of esters is 1. The van der Waals surface area contributed by atoms with Gasteiger partial charge in [-0.25, -0.2) is 4.98 Å². The standard InChI is InChI=1S/C20H17ClN2O4/c1-12-2-5-18-22-16(8-19(24)23(18)9-12)11-27-20(25)14-6-13-7-15(21)3-4-17(13)26-10-14/h2-5,7-9,14H,6,10-11H2,1H3/t14-/m1/s1. The van der Waals surface area contributed by atoms with Crippen LogP contribution < -0.4 is 10.3 Å². The van der Waals surface area contributed by atoms with Crippen molar-refractivity contribution in [3.05, 3.63) is 74.8 Å². The topological polar surface area (TPSA) is 69.9 Å². The molecule has 3 heterocycles. The Morgan fingerprint density at radius 3 is 3.04 bits per heavy atom. The van der Waals surface area contributed by atoms with Crippen molar-refractivity contribution in [2.45, 2.75) is 20.0 Å². The number of hydrogen-bond donors (Lipinski definition) is 0. The van der Waals surface area contributed by atoms with E-state index in [1.807, 2.05) is 13.0 Å². The van der Waals surface area contributed by atoms with Gasteiger partial charge in [0.25, 0.3) is 5.56 Å². The average Bonchev–Trinajstić information content (AvgIpc) is 2.66. The van der Waals surface area contributed by atoms with Gasteiger partial charge >= 0.3 is 5.97 Å². The fraction of sp³-hybridized carbons (Fsp3) is 0.250. The third-order valence-corrected chi connectivity index (χ3v) is 4.72. The smallest absolute Gasteiger partial charge is 0.313 e. The number of aromatic nitrogens is 2. The predicted octanol–water partition coefficient (Wildman–Crippen LogP) is 2.95. The maximum atomic E-state index is 12.4. The van der Waals surface area contributed by atoms with Crippen LogP contribution in [0.4, 0.5) is 0 Å². The van der Waals surface area contributed by atoms with E-state index in [0.29, 0.717) is 22.8 Å². The molecule has 0 aliphatic carbocycles. The van der Waals surface area contributed by atoms with E-state index in [1.165, 1.54) is 10.5 Å². The highest BCUT2D eigenvalue weighted by Crippen LogP contribution is 2.30. The molecular formula is C20H17ClN2O4. The van der Waals surface area contributed by atoms with Gasteiger partial charge in [-0.3, -0.25) is 14.0 Å². The number of ether oxygens (including phenoxy) is 2. The van der Waals surface area contributed by atoms with Crippen LogP contribution in [-0.4, -0.2) is 22.0 Å². The molecule has 0 bridgehead atoms. The van der Waals surface area contributed by atoms with Crippen molar-refractivity contribution in [3.63, 3.8) is 0 Å². The quantitative estimate of drug-likeness (QED) is 0.649. The van der Waals surface area contributed by atoms with E-state index < -0.39 is 5.92 Å². The van der Waals surface area contributed by atoms with Crippen LogP contribution in [0, 0.1) is 12.8 Å². The van der Waals surface area contributed by atoms with Crippen LogP contribution in [0.1, 0.15) is 16.8 Å². The fourth-order valence-corrected chi connectivity index (χ4v) is 3.30. The maximum Gasteiger partial charge on any atom is 0.313 e. The summed E-state index contributed by atoms with van der Waals surface area (Å²) in [6.45, 7) is 2.09. The average molecular weight is 385 g/mol. The number of fused-ring (bicyclic) bond motifs is 2. The van der Waals surface area contributed by atoms with Gasteiger partial charge in [0.05, 0.1) is 11.6 Å². The van der Waals surface area contributed by atoms with Gasteiger partial charge in [0.15, 0.2) is 0 Å². The van der Waals surface area contributed by atoms with Gasteiger partial charge in [-0.15, -0.1) is 0 Å². The Kier molecular flexibility index (Phi) is 4.58. The molecule has 0 spiro atoms. The number of pyridine rings is 1. The molecule has 2 aromatic heterocycles. The van der Waals surface area contributed by atoms with E-state index in [2.05, 4.69) is 4.98 Å². The Labute approximate surface area is 160 Å². The highest BCUT2D eigenvalue weighted by atomic mass is 35.5. The number of carbonyl (C=O) groups excluding carboxylic acids is 1. The number of aryl methyl sites for hydroxylation is 1. The molecule has 0 N–H and O–H groups in total. The van der Waals surface area contributed by atoms with Crippen LogP contribution >= 0.6 is 11.6 Å². The van der Waals surface area contributed by atoms with Gasteiger partial charge in [0.2, 0.25) is 0 Å². The summed E-state index contributed by atoms with van der Waals surface area (Å²) in [7, 11) is 0. The summed E-state index contributed by atoms with van der Waals surface area (Å²) in [5.41, 5.74) is 2.57. The van der Waals surface area contributed by atoms with Crippen LogP contribution in [0.3, 0.4) is 0 Å². The molecule has 0 amide bonds. The first-order valence-electron chi connectivity index (χ1n) is 8.56. The highest BCUT2D eigenvalue weighted by molar-refractivity contribution is 6.30. The molecular weight excluding hydrogens is 368 g/mol. The Balaban J connectivity index is 1.46. The third kappa shape index (κ3) is 3.66. The molecule has 0 saturated heterocycles. The van der Waals surface area contributed by atoms with Crippen molar-refractivity contribution in [2.24, 2.45) is 5.92 Å². The lowest BCUT2D eigenvalue weighted by molar-refractivity contribution is -0.151. The SMILES string of the molecule is Cc1ccc2nc(COC(=O)[C@H]3COc4ccc(Cl)cc4C3)cc(=O)n2c1. The highest BCUT2D eigenvalue weighted by Gasteiger charge is 2.27. The monoisotopic (exact) mass is 384 g/mol. The minimum absolute atomic E-state index is 0.0582. The minimum atomic E-state index is -0.417. The van der Waals surface area contributed by atoms with Gasteiger partial charge < -0.3 is 9.47 Å². The third-order valence-electron chi connectivity index (χ3n) is 4.49. The lowest BCUT2D eigenvalue weighted by Crippen LogP contribution is -2.30. The predicted molar refractivity (Wildman–Crippen MR) is 100 cm³/mol. The zero-order chi connectivity index (χ0) is 19.0. The van der Waals surface area contributed by atoms with Crippen LogP contribution in [0.2, 0.25) is 5.02 Å². The van der Waals surface area contributed by atoms with Crippen LogP contribution in [0.5, 0.6) is 5.75 Å². The zero-order valence-corrected chi connectivity index (χ0v) is 15.4. The maximum absolute atomic E-state index is 12.4. The molecule has 0 radical (unpaired) electrons. The number of nitrogens with zero attached hydrogens (tertiary/aromatic N) is 2. The molecule has 0 saturated carbocycles. The van der Waals surface area contributed by atoms with Crippen molar-refractivity contribution in [3.8, 4) is 5.75 Å². The van der Waals surface area contributed by atoms with Crippen molar-refractivity contribution >= 4 is 23.2 Å². The summed E-state index contributed by atoms with van der Waals surface area (Å²) in [6.07, 6.45) is 2.23. The zero-order valence-electron chi connectivity index (χ0n) is 14.6. The van der Waals surface area contributed by atoms with Gasteiger partial charge in [0, 0.05) is 17.3 Å². The molecule has 6 nitrogen and oxygen atoms in total. The summed E-state index contributed by atoms with van der Waals surface area (Å²) >= 11 is 6.01. The normalized spacial score (nSPS) is 15.9. The number of rotatable bonds is 3. The molecule has 0 fully saturated rings. The Morgan fingerprint density at radius 1 is 1.33 bits per heavy atom. The number of halogens is 1. The summed E-state index contributed by atoms with van der Waals surface area (Å²) in [4.78, 5) is 29.0. The Morgan fingerprint density at radius 2 is 2.19 bits per heavy atom. The first kappa shape index (κ1) is 17.5. The Hall–Kier alpha value is -2.86. The molecule has 27 heavy (non-hydrogen) atoms. The molecule has 3 aromatic rings. The van der Waals surface area contributed by atoms with E-state index in [1.54, 1.807) is 30.5 Å². The number of carbonyl (C=O) groups is 1. The molecule has 138 valence electrons. The summed E-state index contributed by atoms with van der Waals surface area (Å²) in [6, 6.07) is 10.4. The summed E-state index contributed by atoms with van der Waals surface area (Å²) in [5, 5.41) is 0.599. The molecule has 4 rings (SSSR count). The van der Waals surface area contributed by atoms with E-state index in [0.717, 1.165) is 16.9 Å². The van der Waals surface area contributed by atoms with E-state index in [-0.39, 0.29) is 24.7 Å².